The fourth-order valence-corrected chi connectivity index (χ4v) is 3.03. The van der Waals surface area contributed by atoms with Crippen LogP contribution in [0.3, 0.4) is 0 Å². The molecule has 0 aliphatic carbocycles. The zero-order chi connectivity index (χ0) is 14.0. The van der Waals surface area contributed by atoms with E-state index in [-0.39, 0.29) is 11.9 Å². The van der Waals surface area contributed by atoms with E-state index >= 15 is 0 Å². The molecule has 0 saturated heterocycles. The van der Waals surface area contributed by atoms with Crippen LogP contribution in [0, 0.1) is 5.92 Å². The number of halogens is 1. The van der Waals surface area contributed by atoms with Crippen LogP contribution < -0.4 is 0 Å². The van der Waals surface area contributed by atoms with Crippen molar-refractivity contribution in [2.24, 2.45) is 5.92 Å². The summed E-state index contributed by atoms with van der Waals surface area (Å²) >= 11 is 1.82. The molecule has 2 N–H and O–H groups in total. The molecule has 1 rings (SSSR count). The van der Waals surface area contributed by atoms with Gasteiger partial charge in [0.2, 0.25) is 0 Å². The maximum absolute atomic E-state index is 10.9. The lowest BCUT2D eigenvalue weighted by Crippen LogP contribution is -2.40. The van der Waals surface area contributed by atoms with Gasteiger partial charge in [0, 0.05) is 17.7 Å². The van der Waals surface area contributed by atoms with Gasteiger partial charge in [0.05, 0.1) is 0 Å². The SMILES string of the molecule is BC1O[C@](C)(/C=C/P(=O)(O)O)C=C(OI)[C@H]1CC. The average molecular weight is 386 g/mol. The third-order valence-electron chi connectivity index (χ3n) is 2.93. The van der Waals surface area contributed by atoms with Gasteiger partial charge in [-0.3, -0.25) is 4.57 Å². The van der Waals surface area contributed by atoms with Gasteiger partial charge >= 0.3 is 7.60 Å². The van der Waals surface area contributed by atoms with Crippen molar-refractivity contribution in [2.45, 2.75) is 31.9 Å². The number of hydrogen-bond donors (Lipinski definition) is 2. The highest BCUT2D eigenvalue weighted by Gasteiger charge is 2.35. The summed E-state index contributed by atoms with van der Waals surface area (Å²) in [6, 6.07) is -0.0730. The fourth-order valence-electron chi connectivity index (χ4n) is 2.08. The Morgan fingerprint density at radius 2 is 2.33 bits per heavy atom. The third-order valence-corrected chi connectivity index (χ3v) is 3.98. The third kappa shape index (κ3) is 4.38. The molecule has 0 aromatic heterocycles. The van der Waals surface area contributed by atoms with Crippen LogP contribution in [0.2, 0.25) is 0 Å². The maximum Gasteiger partial charge on any atom is 0.348 e. The molecule has 3 atom stereocenters. The predicted molar refractivity (Wildman–Crippen MR) is 80.0 cm³/mol. The Bertz CT molecular complexity index is 407. The summed E-state index contributed by atoms with van der Waals surface area (Å²) in [5.41, 5.74) is -0.854. The second kappa shape index (κ2) is 6.09. The Hall–Kier alpha value is 0.185. The largest absolute Gasteiger partial charge is 0.432 e. The Kier molecular flexibility index (Phi) is 5.50. The standard InChI is InChI=1S/C10H17BIO5P/c1-3-7-8(17-12)6-10(2,16-9(7)11)4-5-18(13,14)15/h4-7,9H,3,11H2,1-2H3,(H2,13,14,15)/b5-4+/t7-,9?,10-/m1/s1. The molecule has 5 nitrogen and oxygen atoms in total. The molecule has 18 heavy (non-hydrogen) atoms. The van der Waals surface area contributed by atoms with E-state index in [1.54, 1.807) is 13.0 Å². The van der Waals surface area contributed by atoms with Crippen molar-refractivity contribution >= 4 is 38.4 Å². The lowest BCUT2D eigenvalue weighted by molar-refractivity contribution is -0.0247. The molecule has 0 amide bonds. The van der Waals surface area contributed by atoms with E-state index < -0.39 is 13.2 Å². The van der Waals surface area contributed by atoms with Crippen molar-refractivity contribution in [1.29, 1.82) is 0 Å². The van der Waals surface area contributed by atoms with Crippen LogP contribution in [0.25, 0.3) is 0 Å². The van der Waals surface area contributed by atoms with E-state index in [1.165, 1.54) is 6.08 Å². The number of rotatable bonds is 4. The fraction of sp³-hybridized carbons (Fsp3) is 0.600. The summed E-state index contributed by atoms with van der Waals surface area (Å²) in [4.78, 5) is 17.7. The van der Waals surface area contributed by atoms with E-state index in [1.807, 2.05) is 37.8 Å². The van der Waals surface area contributed by atoms with Crippen molar-refractivity contribution in [2.75, 3.05) is 0 Å². The van der Waals surface area contributed by atoms with Crippen molar-refractivity contribution in [3.05, 3.63) is 23.7 Å². The van der Waals surface area contributed by atoms with Crippen LogP contribution in [0.1, 0.15) is 20.3 Å². The first-order valence-electron chi connectivity index (χ1n) is 5.65. The minimum absolute atomic E-state index is 0.0730. The molecule has 0 saturated carbocycles. The second-order valence-corrected chi connectivity index (χ2v) is 6.47. The Morgan fingerprint density at radius 1 is 1.72 bits per heavy atom. The van der Waals surface area contributed by atoms with E-state index in [0.717, 1.165) is 18.0 Å². The quantitative estimate of drug-likeness (QED) is 0.437. The average Bonchev–Trinajstić information content (AvgIpc) is 2.25. The first-order chi connectivity index (χ1) is 8.21. The van der Waals surface area contributed by atoms with Crippen LogP contribution in [0.4, 0.5) is 0 Å². The smallest absolute Gasteiger partial charge is 0.348 e. The minimum atomic E-state index is -4.18. The van der Waals surface area contributed by atoms with Crippen LogP contribution in [-0.2, 0) is 12.4 Å². The molecule has 102 valence electrons. The highest BCUT2D eigenvalue weighted by molar-refractivity contribution is 14.1. The molecular formula is C10H17BIO5P. The van der Waals surface area contributed by atoms with Gasteiger partial charge in [-0.25, -0.2) is 0 Å². The predicted octanol–water partition coefficient (Wildman–Crippen LogP) is 1.70. The van der Waals surface area contributed by atoms with Gasteiger partial charge in [-0.15, -0.1) is 0 Å². The second-order valence-electron chi connectivity index (χ2n) is 4.55. The van der Waals surface area contributed by atoms with Crippen LogP contribution >= 0.6 is 30.6 Å². The van der Waals surface area contributed by atoms with Crippen LogP contribution in [-0.4, -0.2) is 29.2 Å². The molecule has 0 fully saturated rings. The molecule has 0 bridgehead atoms. The number of ether oxygens (including phenoxy) is 1. The molecule has 0 aromatic carbocycles. The summed E-state index contributed by atoms with van der Waals surface area (Å²) in [5.74, 6) is 1.82. The highest BCUT2D eigenvalue weighted by Crippen LogP contribution is 2.40. The number of hydrogen-bond acceptors (Lipinski definition) is 3. The van der Waals surface area contributed by atoms with Crippen LogP contribution in [0.5, 0.6) is 0 Å². The molecule has 1 heterocycles. The Balaban J connectivity index is 3.04. The lowest BCUT2D eigenvalue weighted by atomic mass is 9.79. The maximum atomic E-state index is 10.9. The topological polar surface area (TPSA) is 76.0 Å². The molecule has 1 unspecified atom stereocenters. The lowest BCUT2D eigenvalue weighted by Gasteiger charge is -2.37. The zero-order valence-corrected chi connectivity index (χ0v) is 13.6. The summed E-state index contributed by atoms with van der Waals surface area (Å²) < 4.78 is 22.0. The van der Waals surface area contributed by atoms with Crippen molar-refractivity contribution in [3.8, 4) is 0 Å². The summed E-state index contributed by atoms with van der Waals surface area (Å²) in [7, 11) is -2.25. The van der Waals surface area contributed by atoms with E-state index in [9.17, 15) is 4.57 Å². The zero-order valence-electron chi connectivity index (χ0n) is 10.5. The van der Waals surface area contributed by atoms with Crippen LogP contribution in [0.15, 0.2) is 23.7 Å². The summed E-state index contributed by atoms with van der Waals surface area (Å²) in [6.07, 6.45) is 4.03. The minimum Gasteiger partial charge on any atom is -0.432 e. The van der Waals surface area contributed by atoms with Gasteiger partial charge in [-0.2, -0.15) is 0 Å². The van der Waals surface area contributed by atoms with Gasteiger partial charge in [-0.05, 0) is 25.5 Å². The molecule has 0 radical (unpaired) electrons. The molecule has 8 heteroatoms. The van der Waals surface area contributed by atoms with Gasteiger partial charge in [-0.1, -0.05) is 6.92 Å². The van der Waals surface area contributed by atoms with E-state index in [4.69, 9.17) is 17.6 Å². The van der Waals surface area contributed by atoms with Crippen molar-refractivity contribution < 1.29 is 22.2 Å². The van der Waals surface area contributed by atoms with E-state index in [2.05, 4.69) is 0 Å². The highest BCUT2D eigenvalue weighted by atomic mass is 127. The summed E-state index contributed by atoms with van der Waals surface area (Å²) in [5, 5.41) is 0. The van der Waals surface area contributed by atoms with Gasteiger partial charge in [0.1, 0.15) is 19.2 Å². The van der Waals surface area contributed by atoms with Gasteiger partial charge in [0.25, 0.3) is 0 Å². The monoisotopic (exact) mass is 386 g/mol. The molecule has 1 aliphatic rings. The molecular weight excluding hydrogens is 369 g/mol. The molecule has 0 aromatic rings. The normalized spacial score (nSPS) is 33.5. The van der Waals surface area contributed by atoms with Gasteiger partial charge in [0.15, 0.2) is 23.0 Å². The first-order valence-corrected chi connectivity index (χ1v) is 8.22. The molecule has 0 spiro atoms. The van der Waals surface area contributed by atoms with E-state index in [0.29, 0.717) is 0 Å². The van der Waals surface area contributed by atoms with Crippen molar-refractivity contribution in [3.63, 3.8) is 0 Å². The summed E-state index contributed by atoms with van der Waals surface area (Å²) in [6.45, 7) is 3.79. The van der Waals surface area contributed by atoms with Gasteiger partial charge < -0.3 is 17.6 Å². The molecule has 1 aliphatic heterocycles. The van der Waals surface area contributed by atoms with Crippen molar-refractivity contribution in [1.82, 2.24) is 0 Å². The Morgan fingerprint density at radius 3 is 2.78 bits per heavy atom. The first kappa shape index (κ1) is 16.2. The Labute approximate surface area is 122 Å².